The molecule has 0 fully saturated rings. The van der Waals surface area contributed by atoms with E-state index in [0.717, 1.165) is 16.1 Å². The highest BCUT2D eigenvalue weighted by Gasteiger charge is 2.30. The molecule has 2 aromatic carbocycles. The van der Waals surface area contributed by atoms with Crippen molar-refractivity contribution in [3.8, 4) is 0 Å². The van der Waals surface area contributed by atoms with Crippen molar-refractivity contribution in [2.45, 2.75) is 29.6 Å². The van der Waals surface area contributed by atoms with E-state index < -0.39 is 17.3 Å². The summed E-state index contributed by atoms with van der Waals surface area (Å²) in [6, 6.07) is 14.8. The molecule has 0 spiro atoms. The lowest BCUT2D eigenvalue weighted by atomic mass is 10.1. The number of carbonyl (C=O) groups excluding carboxylic acids is 2. The van der Waals surface area contributed by atoms with Crippen molar-refractivity contribution in [2.24, 2.45) is 0 Å². The van der Waals surface area contributed by atoms with E-state index in [1.54, 1.807) is 13.0 Å². The molecule has 6 heteroatoms. The number of carbonyl (C=O) groups is 2. The Labute approximate surface area is 149 Å². The molecular weight excluding hydrogens is 346 g/mol. The number of para-hydroxylation sites is 1. The lowest BCUT2D eigenvalue weighted by molar-refractivity contribution is -0.149. The van der Waals surface area contributed by atoms with Gasteiger partial charge in [0.05, 0.1) is 17.4 Å². The van der Waals surface area contributed by atoms with Gasteiger partial charge in [-0.2, -0.15) is 0 Å². The van der Waals surface area contributed by atoms with Gasteiger partial charge in [-0.25, -0.2) is 0 Å². The van der Waals surface area contributed by atoms with Crippen molar-refractivity contribution in [2.75, 3.05) is 5.32 Å². The molecule has 0 aliphatic carbocycles. The van der Waals surface area contributed by atoms with Crippen LogP contribution in [-0.2, 0) is 14.3 Å². The minimum absolute atomic E-state index is 0.0135. The zero-order chi connectivity index (χ0) is 17.1. The first-order valence-electron chi connectivity index (χ1n) is 7.55. The van der Waals surface area contributed by atoms with Crippen molar-refractivity contribution in [3.63, 3.8) is 0 Å². The number of esters is 1. The highest BCUT2D eigenvalue weighted by Crippen LogP contribution is 2.37. The van der Waals surface area contributed by atoms with Crippen LogP contribution >= 0.6 is 23.4 Å². The molecule has 2 aromatic rings. The fraction of sp³-hybridized carbons (Fsp3) is 0.222. The van der Waals surface area contributed by atoms with Crippen LogP contribution in [0.4, 0.5) is 5.69 Å². The monoisotopic (exact) mass is 361 g/mol. The predicted molar refractivity (Wildman–Crippen MR) is 95.3 cm³/mol. The predicted octanol–water partition coefficient (Wildman–Crippen LogP) is 4.45. The number of amides is 1. The Morgan fingerprint density at radius 2 is 1.96 bits per heavy atom. The second-order valence-corrected chi connectivity index (χ2v) is 7.10. The summed E-state index contributed by atoms with van der Waals surface area (Å²) in [6.07, 6.45) is -0.449. The van der Waals surface area contributed by atoms with E-state index in [0.29, 0.717) is 5.02 Å². The fourth-order valence-electron chi connectivity index (χ4n) is 2.49. The first-order valence-corrected chi connectivity index (χ1v) is 8.81. The molecule has 0 radical (unpaired) electrons. The molecule has 2 atom stereocenters. The SMILES string of the molecule is C[C@@H](OC(=O)C[C@H]1Sc2ccccc2NC1=O)c1ccccc1Cl. The number of thioether (sulfide) groups is 1. The normalized spacial score (nSPS) is 17.6. The van der Waals surface area contributed by atoms with Gasteiger partial charge in [-0.05, 0) is 25.1 Å². The molecule has 4 nitrogen and oxygen atoms in total. The molecule has 1 aliphatic heterocycles. The molecule has 0 unspecified atom stereocenters. The second kappa shape index (κ2) is 7.28. The Hall–Kier alpha value is -1.98. The summed E-state index contributed by atoms with van der Waals surface area (Å²) < 4.78 is 5.44. The molecule has 0 saturated heterocycles. The third-order valence-electron chi connectivity index (χ3n) is 3.71. The van der Waals surface area contributed by atoms with E-state index in [9.17, 15) is 9.59 Å². The molecule has 0 bridgehead atoms. The highest BCUT2D eigenvalue weighted by atomic mass is 35.5. The van der Waals surface area contributed by atoms with Gasteiger partial charge in [0.1, 0.15) is 6.10 Å². The molecule has 3 rings (SSSR count). The number of halogens is 1. The number of nitrogens with one attached hydrogen (secondary N) is 1. The first-order chi connectivity index (χ1) is 11.5. The molecule has 24 heavy (non-hydrogen) atoms. The lowest BCUT2D eigenvalue weighted by Gasteiger charge is -2.24. The van der Waals surface area contributed by atoms with E-state index in [-0.39, 0.29) is 12.3 Å². The second-order valence-electron chi connectivity index (χ2n) is 5.45. The summed E-state index contributed by atoms with van der Waals surface area (Å²) >= 11 is 7.49. The van der Waals surface area contributed by atoms with Crippen molar-refractivity contribution >= 4 is 40.9 Å². The van der Waals surface area contributed by atoms with Crippen LogP contribution in [0, 0.1) is 0 Å². The van der Waals surface area contributed by atoms with Crippen molar-refractivity contribution in [1.82, 2.24) is 0 Å². The van der Waals surface area contributed by atoms with Crippen LogP contribution in [0.2, 0.25) is 5.02 Å². The number of rotatable bonds is 4. The maximum atomic E-state index is 12.2. The van der Waals surface area contributed by atoms with E-state index in [4.69, 9.17) is 16.3 Å². The van der Waals surface area contributed by atoms with Crippen LogP contribution in [0.5, 0.6) is 0 Å². The van der Waals surface area contributed by atoms with Crippen molar-refractivity contribution < 1.29 is 14.3 Å². The van der Waals surface area contributed by atoms with E-state index in [1.807, 2.05) is 42.5 Å². The van der Waals surface area contributed by atoms with Crippen LogP contribution in [0.3, 0.4) is 0 Å². The fourth-order valence-corrected chi connectivity index (χ4v) is 3.88. The maximum Gasteiger partial charge on any atom is 0.308 e. The summed E-state index contributed by atoms with van der Waals surface area (Å²) in [5.74, 6) is -0.601. The van der Waals surface area contributed by atoms with Gasteiger partial charge in [-0.15, -0.1) is 11.8 Å². The number of ether oxygens (including phenoxy) is 1. The molecule has 1 heterocycles. The number of anilines is 1. The van der Waals surface area contributed by atoms with Gasteiger partial charge in [0.2, 0.25) is 5.91 Å². The highest BCUT2D eigenvalue weighted by molar-refractivity contribution is 8.01. The Morgan fingerprint density at radius 3 is 2.75 bits per heavy atom. The summed E-state index contributed by atoms with van der Waals surface area (Å²) in [5.41, 5.74) is 1.53. The Balaban J connectivity index is 1.63. The minimum Gasteiger partial charge on any atom is -0.458 e. The molecule has 1 amide bonds. The molecule has 1 N–H and O–H groups in total. The van der Waals surface area contributed by atoms with Crippen LogP contribution in [0.1, 0.15) is 25.0 Å². The van der Waals surface area contributed by atoms with E-state index in [1.165, 1.54) is 11.8 Å². The lowest BCUT2D eigenvalue weighted by Crippen LogP contribution is -2.31. The van der Waals surface area contributed by atoms with Gasteiger partial charge in [-0.3, -0.25) is 9.59 Å². The zero-order valence-corrected chi connectivity index (χ0v) is 14.6. The molecule has 0 aromatic heterocycles. The molecule has 1 aliphatic rings. The van der Waals surface area contributed by atoms with Crippen LogP contribution in [0.15, 0.2) is 53.4 Å². The van der Waals surface area contributed by atoms with E-state index in [2.05, 4.69) is 5.32 Å². The number of hydrogen-bond acceptors (Lipinski definition) is 4. The third-order valence-corrected chi connectivity index (χ3v) is 5.33. The maximum absolute atomic E-state index is 12.2. The largest absolute Gasteiger partial charge is 0.458 e. The zero-order valence-electron chi connectivity index (χ0n) is 13.0. The Bertz CT molecular complexity index is 780. The smallest absolute Gasteiger partial charge is 0.308 e. The number of fused-ring (bicyclic) bond motifs is 1. The number of hydrogen-bond donors (Lipinski definition) is 1. The summed E-state index contributed by atoms with van der Waals surface area (Å²) in [6.45, 7) is 1.77. The average molecular weight is 362 g/mol. The first kappa shape index (κ1) is 16.9. The van der Waals surface area contributed by atoms with E-state index >= 15 is 0 Å². The summed E-state index contributed by atoms with van der Waals surface area (Å²) in [4.78, 5) is 25.3. The average Bonchev–Trinajstić information content (AvgIpc) is 2.55. The summed E-state index contributed by atoms with van der Waals surface area (Å²) in [7, 11) is 0. The van der Waals surface area contributed by atoms with Crippen molar-refractivity contribution in [1.29, 1.82) is 0 Å². The molecule has 0 saturated carbocycles. The van der Waals surface area contributed by atoms with Crippen LogP contribution < -0.4 is 5.32 Å². The van der Waals surface area contributed by atoms with Crippen LogP contribution in [0.25, 0.3) is 0 Å². The number of benzene rings is 2. The Morgan fingerprint density at radius 1 is 1.25 bits per heavy atom. The minimum atomic E-state index is -0.495. The quantitative estimate of drug-likeness (QED) is 0.817. The van der Waals surface area contributed by atoms with Gasteiger partial charge in [0.15, 0.2) is 0 Å². The Kier molecular flexibility index (Phi) is 5.11. The van der Waals surface area contributed by atoms with Crippen LogP contribution in [-0.4, -0.2) is 17.1 Å². The molecule has 124 valence electrons. The van der Waals surface area contributed by atoms with Gasteiger partial charge >= 0.3 is 5.97 Å². The van der Waals surface area contributed by atoms with Gasteiger partial charge in [-0.1, -0.05) is 41.9 Å². The van der Waals surface area contributed by atoms with Gasteiger partial charge < -0.3 is 10.1 Å². The third kappa shape index (κ3) is 3.74. The van der Waals surface area contributed by atoms with Gasteiger partial charge in [0, 0.05) is 15.5 Å². The standard InChI is InChI=1S/C18H16ClNO3S/c1-11(12-6-2-3-7-13(12)19)23-17(21)10-16-18(22)20-14-8-4-5-9-15(14)24-16/h2-9,11,16H,10H2,1H3,(H,20,22)/t11-,16-/m1/s1. The summed E-state index contributed by atoms with van der Waals surface area (Å²) in [5, 5.41) is 2.88. The van der Waals surface area contributed by atoms with Gasteiger partial charge in [0.25, 0.3) is 0 Å². The molecular formula is C18H16ClNO3S. The topological polar surface area (TPSA) is 55.4 Å². The van der Waals surface area contributed by atoms with Crippen molar-refractivity contribution in [3.05, 3.63) is 59.1 Å².